The number of carbonyl (C=O) groups is 2. The molecule has 0 aliphatic carbocycles. The lowest BCUT2D eigenvalue weighted by Gasteiger charge is -2.19. The topological polar surface area (TPSA) is 142 Å². The molecule has 0 fully saturated rings. The van der Waals surface area contributed by atoms with Crippen LogP contribution in [0.5, 0.6) is 11.5 Å². The standard InChI is InChI=1S/C26H26N2O7/c1-3-4-15-10-24(30)35-23-12-18(6-7-19(15)23)34-14(2)25(31)28-22(26(32)33)9-16-13-27-21-8-5-17(29)11-20(16)21/h5-8,10-14,22,27,29H,3-4,9H2,1-2H3,(H,28,31)(H,32,33)/t14-,22+/m0/s1. The van der Waals surface area contributed by atoms with Crippen molar-refractivity contribution in [1.29, 1.82) is 0 Å². The lowest BCUT2D eigenvalue weighted by Crippen LogP contribution is -2.47. The molecule has 0 radical (unpaired) electrons. The molecular formula is C26H26N2O7. The number of aromatic nitrogens is 1. The highest BCUT2D eigenvalue weighted by Gasteiger charge is 2.25. The number of benzene rings is 2. The number of aromatic amines is 1. The number of fused-ring (bicyclic) bond motifs is 2. The van der Waals surface area contributed by atoms with Crippen LogP contribution in [0.4, 0.5) is 0 Å². The van der Waals surface area contributed by atoms with Gasteiger partial charge in [-0.15, -0.1) is 0 Å². The normalized spacial score (nSPS) is 13.0. The van der Waals surface area contributed by atoms with E-state index < -0.39 is 29.6 Å². The van der Waals surface area contributed by atoms with Gasteiger partial charge >= 0.3 is 11.6 Å². The number of ether oxygens (including phenoxy) is 1. The van der Waals surface area contributed by atoms with Gasteiger partial charge in [-0.05, 0) is 54.8 Å². The molecule has 2 aromatic carbocycles. The maximum absolute atomic E-state index is 12.7. The summed E-state index contributed by atoms with van der Waals surface area (Å²) in [6.07, 6.45) is 2.26. The van der Waals surface area contributed by atoms with Crippen LogP contribution in [-0.2, 0) is 22.4 Å². The second-order valence-electron chi connectivity index (χ2n) is 8.41. The van der Waals surface area contributed by atoms with Crippen LogP contribution in [0.25, 0.3) is 21.9 Å². The van der Waals surface area contributed by atoms with Gasteiger partial charge in [-0.2, -0.15) is 0 Å². The van der Waals surface area contributed by atoms with Gasteiger partial charge in [0.1, 0.15) is 23.1 Å². The molecule has 0 aliphatic heterocycles. The Morgan fingerprint density at radius 1 is 1.11 bits per heavy atom. The first kappa shape index (κ1) is 23.9. The van der Waals surface area contributed by atoms with E-state index in [4.69, 9.17) is 9.15 Å². The minimum atomic E-state index is -1.21. The Hall–Kier alpha value is -4.27. The monoisotopic (exact) mass is 478 g/mol. The maximum atomic E-state index is 12.7. The van der Waals surface area contributed by atoms with Gasteiger partial charge in [0.2, 0.25) is 0 Å². The molecular weight excluding hydrogens is 452 g/mol. The Bertz CT molecular complexity index is 1450. The molecule has 0 aliphatic rings. The molecule has 2 aromatic heterocycles. The van der Waals surface area contributed by atoms with Gasteiger partial charge < -0.3 is 29.7 Å². The number of carboxylic acid groups (broad SMARTS) is 1. The number of nitrogens with one attached hydrogen (secondary N) is 2. The Morgan fingerprint density at radius 3 is 2.66 bits per heavy atom. The molecule has 4 rings (SSSR count). The smallest absolute Gasteiger partial charge is 0.336 e. The molecule has 0 spiro atoms. The predicted molar refractivity (Wildman–Crippen MR) is 130 cm³/mol. The van der Waals surface area contributed by atoms with Crippen molar-refractivity contribution in [3.8, 4) is 11.5 Å². The Morgan fingerprint density at radius 2 is 1.91 bits per heavy atom. The number of aryl methyl sites for hydroxylation is 1. The third-order valence-electron chi connectivity index (χ3n) is 5.79. The molecule has 9 nitrogen and oxygen atoms in total. The fourth-order valence-corrected chi connectivity index (χ4v) is 4.06. The third kappa shape index (κ3) is 5.29. The zero-order chi connectivity index (χ0) is 25.1. The molecule has 0 unspecified atom stereocenters. The average molecular weight is 479 g/mol. The lowest BCUT2D eigenvalue weighted by molar-refractivity contribution is -0.142. The molecule has 35 heavy (non-hydrogen) atoms. The number of rotatable bonds is 9. The summed E-state index contributed by atoms with van der Waals surface area (Å²) in [7, 11) is 0. The number of hydrogen-bond donors (Lipinski definition) is 4. The van der Waals surface area contributed by atoms with Gasteiger partial charge in [0, 0.05) is 41.0 Å². The summed E-state index contributed by atoms with van der Waals surface area (Å²) in [4.78, 5) is 39.5. The van der Waals surface area contributed by atoms with Crippen LogP contribution in [0.15, 0.2) is 57.9 Å². The predicted octanol–water partition coefficient (Wildman–Crippen LogP) is 3.51. The van der Waals surface area contributed by atoms with Crippen LogP contribution >= 0.6 is 0 Å². The third-order valence-corrected chi connectivity index (χ3v) is 5.79. The Kier molecular flexibility index (Phi) is 6.77. The summed E-state index contributed by atoms with van der Waals surface area (Å²) in [5.74, 6) is -1.43. The van der Waals surface area contributed by atoms with E-state index in [0.717, 1.165) is 29.3 Å². The zero-order valence-corrected chi connectivity index (χ0v) is 19.3. The number of hydrogen-bond acceptors (Lipinski definition) is 6. The summed E-state index contributed by atoms with van der Waals surface area (Å²) in [6.45, 7) is 3.52. The van der Waals surface area contributed by atoms with Crippen LogP contribution < -0.4 is 15.7 Å². The quantitative estimate of drug-likeness (QED) is 0.270. The molecule has 4 aromatic rings. The van der Waals surface area contributed by atoms with Gasteiger partial charge in [-0.3, -0.25) is 4.79 Å². The van der Waals surface area contributed by atoms with Crippen molar-refractivity contribution in [2.24, 2.45) is 0 Å². The molecule has 0 saturated carbocycles. The highest BCUT2D eigenvalue weighted by molar-refractivity contribution is 5.89. The minimum Gasteiger partial charge on any atom is -0.508 e. The van der Waals surface area contributed by atoms with Crippen LogP contribution in [0.2, 0.25) is 0 Å². The first-order chi connectivity index (χ1) is 16.7. The number of aromatic hydroxyl groups is 1. The number of carboxylic acids is 1. The van der Waals surface area contributed by atoms with Crippen LogP contribution in [-0.4, -0.2) is 39.2 Å². The van der Waals surface area contributed by atoms with E-state index in [9.17, 15) is 24.6 Å². The van der Waals surface area contributed by atoms with Crippen molar-refractivity contribution >= 4 is 33.7 Å². The number of amides is 1. The van der Waals surface area contributed by atoms with E-state index >= 15 is 0 Å². The number of phenols is 1. The Labute approximate surface area is 200 Å². The Balaban J connectivity index is 1.48. The van der Waals surface area contributed by atoms with Gasteiger partial charge in [-0.1, -0.05) is 13.3 Å². The number of aliphatic carboxylic acids is 1. The second kappa shape index (κ2) is 9.92. The van der Waals surface area contributed by atoms with E-state index in [0.29, 0.717) is 22.3 Å². The number of phenolic OH excluding ortho intramolecular Hbond substituents is 1. The van der Waals surface area contributed by atoms with E-state index in [1.165, 1.54) is 25.1 Å². The maximum Gasteiger partial charge on any atom is 0.336 e. The lowest BCUT2D eigenvalue weighted by atomic mass is 10.0. The first-order valence-electron chi connectivity index (χ1n) is 11.3. The molecule has 2 atom stereocenters. The molecule has 0 saturated heterocycles. The fraction of sp³-hybridized carbons (Fsp3) is 0.269. The minimum absolute atomic E-state index is 0.0125. The summed E-state index contributed by atoms with van der Waals surface area (Å²) in [6, 6.07) is 10.0. The summed E-state index contributed by atoms with van der Waals surface area (Å²) >= 11 is 0. The van der Waals surface area contributed by atoms with Crippen LogP contribution in [0.1, 0.15) is 31.4 Å². The molecule has 1 amide bonds. The van der Waals surface area contributed by atoms with E-state index in [1.807, 2.05) is 6.92 Å². The molecule has 9 heteroatoms. The van der Waals surface area contributed by atoms with Crippen molar-refractivity contribution in [2.45, 2.75) is 45.3 Å². The second-order valence-corrected chi connectivity index (χ2v) is 8.41. The van der Waals surface area contributed by atoms with Crippen LogP contribution in [0.3, 0.4) is 0 Å². The van der Waals surface area contributed by atoms with E-state index in [-0.39, 0.29) is 12.2 Å². The van der Waals surface area contributed by atoms with Gasteiger partial charge in [0.05, 0.1) is 0 Å². The highest BCUT2D eigenvalue weighted by Crippen LogP contribution is 2.25. The highest BCUT2D eigenvalue weighted by atomic mass is 16.5. The van der Waals surface area contributed by atoms with Gasteiger partial charge in [-0.25, -0.2) is 9.59 Å². The summed E-state index contributed by atoms with van der Waals surface area (Å²) in [5, 5.41) is 23.4. The number of carbonyl (C=O) groups excluding carboxylic acids is 1. The largest absolute Gasteiger partial charge is 0.508 e. The van der Waals surface area contributed by atoms with Crippen molar-refractivity contribution in [1.82, 2.24) is 10.3 Å². The molecule has 182 valence electrons. The molecule has 4 N–H and O–H groups in total. The molecule has 0 bridgehead atoms. The van der Waals surface area contributed by atoms with E-state index in [1.54, 1.807) is 30.5 Å². The summed E-state index contributed by atoms with van der Waals surface area (Å²) in [5.41, 5.74) is 2.17. The first-order valence-corrected chi connectivity index (χ1v) is 11.3. The fourth-order valence-electron chi connectivity index (χ4n) is 4.06. The average Bonchev–Trinajstić information content (AvgIpc) is 3.20. The van der Waals surface area contributed by atoms with Crippen molar-refractivity contribution in [3.05, 3.63) is 70.2 Å². The zero-order valence-electron chi connectivity index (χ0n) is 19.3. The summed E-state index contributed by atoms with van der Waals surface area (Å²) < 4.78 is 11.0. The SMILES string of the molecule is CCCc1cc(=O)oc2cc(O[C@@H](C)C(=O)N[C@H](Cc3c[nH]c4ccc(O)cc34)C(=O)O)ccc12. The number of H-pyrrole nitrogens is 1. The van der Waals surface area contributed by atoms with Crippen molar-refractivity contribution in [3.63, 3.8) is 0 Å². The van der Waals surface area contributed by atoms with Gasteiger partial charge in [0.25, 0.3) is 5.91 Å². The van der Waals surface area contributed by atoms with Crippen molar-refractivity contribution in [2.75, 3.05) is 0 Å². The van der Waals surface area contributed by atoms with E-state index in [2.05, 4.69) is 10.3 Å². The van der Waals surface area contributed by atoms with Crippen LogP contribution in [0, 0.1) is 0 Å². The van der Waals surface area contributed by atoms with Gasteiger partial charge in [0.15, 0.2) is 6.10 Å². The molecule has 2 heterocycles. The van der Waals surface area contributed by atoms with Crippen molar-refractivity contribution < 1.29 is 29.0 Å².